The largest absolute Gasteiger partial charge is 0.412 e. The highest BCUT2D eigenvalue weighted by molar-refractivity contribution is 5.43. The van der Waals surface area contributed by atoms with Gasteiger partial charge in [0, 0.05) is 6.20 Å². The number of pyridine rings is 1. The fourth-order valence-corrected chi connectivity index (χ4v) is 0.467. The van der Waals surface area contributed by atoms with Gasteiger partial charge in [0.2, 0.25) is 6.08 Å². The Balaban J connectivity index is 0.000000810. The second-order valence-electron chi connectivity index (χ2n) is 1.39. The Bertz CT molecular complexity index is 229. The Morgan fingerprint density at radius 2 is 2.30 bits per heavy atom. The SMILES string of the molecule is O.O=C=Nc1ccccn1. The standard InChI is InChI=1S/C6H4N2O.H2O/c9-5-8-6-3-1-2-4-7-6;/h1-4H;1H2. The molecule has 0 aliphatic rings. The number of aromatic nitrogens is 1. The van der Waals surface area contributed by atoms with Crippen molar-refractivity contribution < 1.29 is 10.3 Å². The van der Waals surface area contributed by atoms with Crippen molar-refractivity contribution in [3.05, 3.63) is 24.4 Å². The maximum absolute atomic E-state index is 9.64. The molecule has 0 fully saturated rings. The second kappa shape index (κ2) is 4.38. The van der Waals surface area contributed by atoms with Crippen LogP contribution in [0.5, 0.6) is 0 Å². The highest BCUT2D eigenvalue weighted by Gasteiger charge is 1.81. The molecule has 0 atom stereocenters. The van der Waals surface area contributed by atoms with Gasteiger partial charge in [-0.05, 0) is 12.1 Å². The van der Waals surface area contributed by atoms with Crippen LogP contribution in [0.2, 0.25) is 0 Å². The summed E-state index contributed by atoms with van der Waals surface area (Å²) in [5.41, 5.74) is 0. The summed E-state index contributed by atoms with van der Waals surface area (Å²) in [6, 6.07) is 5.14. The molecule has 0 bridgehead atoms. The average Bonchev–Trinajstić information content (AvgIpc) is 1.91. The smallest absolute Gasteiger partial charge is 0.242 e. The van der Waals surface area contributed by atoms with E-state index in [1.54, 1.807) is 24.4 Å². The van der Waals surface area contributed by atoms with E-state index in [-0.39, 0.29) is 5.48 Å². The van der Waals surface area contributed by atoms with E-state index in [0.717, 1.165) is 0 Å². The number of rotatable bonds is 1. The third-order valence-corrected chi connectivity index (χ3v) is 0.809. The Hall–Kier alpha value is -1.51. The third-order valence-electron chi connectivity index (χ3n) is 0.809. The quantitative estimate of drug-likeness (QED) is 0.411. The first-order valence-corrected chi connectivity index (χ1v) is 2.42. The number of carbonyl (C=O) groups excluding carboxylic acids is 1. The molecule has 0 saturated heterocycles. The number of hydrogen-bond acceptors (Lipinski definition) is 3. The number of hydrogen-bond donors (Lipinski definition) is 0. The number of isocyanates is 1. The van der Waals surface area contributed by atoms with E-state index in [4.69, 9.17) is 0 Å². The summed E-state index contributed by atoms with van der Waals surface area (Å²) in [6.07, 6.45) is 2.96. The molecule has 0 unspecified atom stereocenters. The van der Waals surface area contributed by atoms with E-state index >= 15 is 0 Å². The predicted octanol–water partition coefficient (Wildman–Crippen LogP) is 0.224. The summed E-state index contributed by atoms with van der Waals surface area (Å²) in [5.74, 6) is 0.396. The summed E-state index contributed by atoms with van der Waals surface area (Å²) in [4.78, 5) is 16.7. The summed E-state index contributed by atoms with van der Waals surface area (Å²) < 4.78 is 0. The zero-order chi connectivity index (χ0) is 6.53. The van der Waals surface area contributed by atoms with Gasteiger partial charge in [0.1, 0.15) is 0 Å². The van der Waals surface area contributed by atoms with Crippen LogP contribution in [0.4, 0.5) is 5.82 Å². The van der Waals surface area contributed by atoms with Crippen molar-refractivity contribution in [2.45, 2.75) is 0 Å². The van der Waals surface area contributed by atoms with E-state index in [0.29, 0.717) is 5.82 Å². The average molecular weight is 138 g/mol. The molecule has 0 aromatic carbocycles. The summed E-state index contributed by atoms with van der Waals surface area (Å²) >= 11 is 0. The van der Waals surface area contributed by atoms with Crippen molar-refractivity contribution >= 4 is 11.9 Å². The molecule has 0 aliphatic heterocycles. The monoisotopic (exact) mass is 138 g/mol. The van der Waals surface area contributed by atoms with Gasteiger partial charge in [0.15, 0.2) is 5.82 Å². The fraction of sp³-hybridized carbons (Fsp3) is 0. The summed E-state index contributed by atoms with van der Waals surface area (Å²) in [6.45, 7) is 0. The molecule has 0 spiro atoms. The van der Waals surface area contributed by atoms with Gasteiger partial charge in [-0.25, -0.2) is 9.78 Å². The third kappa shape index (κ3) is 2.17. The number of nitrogens with zero attached hydrogens (tertiary/aromatic N) is 2. The topological polar surface area (TPSA) is 73.8 Å². The van der Waals surface area contributed by atoms with Crippen molar-refractivity contribution in [1.29, 1.82) is 0 Å². The van der Waals surface area contributed by atoms with Crippen molar-refractivity contribution in [3.63, 3.8) is 0 Å². The molecule has 52 valence electrons. The van der Waals surface area contributed by atoms with Gasteiger partial charge in [-0.15, -0.1) is 4.99 Å². The van der Waals surface area contributed by atoms with Gasteiger partial charge < -0.3 is 5.48 Å². The fourth-order valence-electron chi connectivity index (χ4n) is 0.467. The maximum atomic E-state index is 9.64. The molecule has 2 N–H and O–H groups in total. The van der Waals surface area contributed by atoms with Crippen LogP contribution in [-0.2, 0) is 4.79 Å². The van der Waals surface area contributed by atoms with Gasteiger partial charge in [-0.3, -0.25) is 0 Å². The Kier molecular flexibility index (Phi) is 3.72. The van der Waals surface area contributed by atoms with Gasteiger partial charge in [0.25, 0.3) is 0 Å². The van der Waals surface area contributed by atoms with Crippen LogP contribution < -0.4 is 0 Å². The first-order valence-electron chi connectivity index (χ1n) is 2.42. The molecule has 0 radical (unpaired) electrons. The lowest BCUT2D eigenvalue weighted by molar-refractivity contribution is 0.565. The molecule has 0 aliphatic carbocycles. The lowest BCUT2D eigenvalue weighted by Crippen LogP contribution is -1.67. The van der Waals surface area contributed by atoms with Gasteiger partial charge in [-0.2, -0.15) is 0 Å². The maximum Gasteiger partial charge on any atom is 0.242 e. The molecular formula is C6H6N2O2. The summed E-state index contributed by atoms with van der Waals surface area (Å²) in [7, 11) is 0. The number of aliphatic imine (C=N–C) groups is 1. The van der Waals surface area contributed by atoms with Crippen LogP contribution in [0.3, 0.4) is 0 Å². The molecule has 4 heteroatoms. The van der Waals surface area contributed by atoms with E-state index in [2.05, 4.69) is 9.98 Å². The predicted molar refractivity (Wildman–Crippen MR) is 35.6 cm³/mol. The lowest BCUT2D eigenvalue weighted by atomic mass is 10.5. The van der Waals surface area contributed by atoms with E-state index in [1.807, 2.05) is 0 Å². The van der Waals surface area contributed by atoms with Crippen LogP contribution in [-0.4, -0.2) is 16.5 Å². The zero-order valence-corrected chi connectivity index (χ0v) is 5.11. The molecule has 10 heavy (non-hydrogen) atoms. The molecule has 4 nitrogen and oxygen atoms in total. The second-order valence-corrected chi connectivity index (χ2v) is 1.39. The van der Waals surface area contributed by atoms with E-state index in [9.17, 15) is 4.79 Å². The Morgan fingerprint density at radius 3 is 2.80 bits per heavy atom. The van der Waals surface area contributed by atoms with Gasteiger partial charge >= 0.3 is 0 Å². The van der Waals surface area contributed by atoms with Gasteiger partial charge in [-0.1, -0.05) is 6.07 Å². The van der Waals surface area contributed by atoms with Crippen LogP contribution in [0.25, 0.3) is 0 Å². The zero-order valence-electron chi connectivity index (χ0n) is 5.11. The molecule has 1 heterocycles. The van der Waals surface area contributed by atoms with Gasteiger partial charge in [0.05, 0.1) is 0 Å². The van der Waals surface area contributed by atoms with E-state index in [1.165, 1.54) is 6.08 Å². The minimum absolute atomic E-state index is 0. The Morgan fingerprint density at radius 1 is 1.50 bits per heavy atom. The van der Waals surface area contributed by atoms with Crippen LogP contribution in [0.15, 0.2) is 29.4 Å². The van der Waals surface area contributed by atoms with Crippen molar-refractivity contribution in [1.82, 2.24) is 4.98 Å². The van der Waals surface area contributed by atoms with E-state index < -0.39 is 0 Å². The molecule has 1 aromatic rings. The van der Waals surface area contributed by atoms with Crippen molar-refractivity contribution in [2.75, 3.05) is 0 Å². The van der Waals surface area contributed by atoms with Crippen LogP contribution >= 0.6 is 0 Å². The van der Waals surface area contributed by atoms with Crippen molar-refractivity contribution in [2.24, 2.45) is 4.99 Å². The molecule has 0 saturated carbocycles. The molecule has 0 amide bonds. The minimum atomic E-state index is 0. The molecular weight excluding hydrogens is 132 g/mol. The lowest BCUT2D eigenvalue weighted by Gasteiger charge is -1.82. The first-order chi connectivity index (χ1) is 4.43. The summed E-state index contributed by atoms with van der Waals surface area (Å²) in [5, 5.41) is 0. The van der Waals surface area contributed by atoms with Crippen molar-refractivity contribution in [3.8, 4) is 0 Å². The normalized spacial score (nSPS) is 7.20. The Labute approximate surface area is 57.6 Å². The highest BCUT2D eigenvalue weighted by atomic mass is 16.1. The highest BCUT2D eigenvalue weighted by Crippen LogP contribution is 2.01. The molecule has 1 rings (SSSR count). The molecule has 1 aromatic heterocycles. The first kappa shape index (κ1) is 8.49. The minimum Gasteiger partial charge on any atom is -0.412 e. The van der Waals surface area contributed by atoms with Crippen LogP contribution in [0.1, 0.15) is 0 Å². The van der Waals surface area contributed by atoms with Crippen LogP contribution in [0, 0.1) is 0 Å².